The molecule has 1 heterocycles. The van der Waals surface area contributed by atoms with Crippen LogP contribution >= 0.6 is 35.4 Å². The normalized spacial score (nSPS) is 14.7. The number of thiocarbonyl (C=S) groups is 1. The van der Waals surface area contributed by atoms with Gasteiger partial charge in [-0.2, -0.15) is 0 Å². The maximum absolute atomic E-state index is 13.3. The molecule has 4 rings (SSSR count). The topological polar surface area (TPSA) is 95.9 Å². The molecule has 0 radical (unpaired) electrons. The molecule has 0 saturated carbocycles. The highest BCUT2D eigenvalue weighted by molar-refractivity contribution is 7.80. The van der Waals surface area contributed by atoms with Crippen LogP contribution in [-0.4, -0.2) is 28.0 Å². The van der Waals surface area contributed by atoms with Crippen LogP contribution in [0, 0.1) is 5.82 Å². The lowest BCUT2D eigenvalue weighted by Crippen LogP contribution is -2.54. The third kappa shape index (κ3) is 5.38. The molecule has 0 atom stereocenters. The summed E-state index contributed by atoms with van der Waals surface area (Å²) in [5.74, 6) is -2.76. The third-order valence-electron chi connectivity index (χ3n) is 5.10. The summed E-state index contributed by atoms with van der Waals surface area (Å²) in [6.45, 7) is 0.0741. The predicted octanol–water partition coefficient (Wildman–Crippen LogP) is 5.24. The number of hydrogen-bond acceptors (Lipinski definition) is 5. The van der Waals surface area contributed by atoms with Gasteiger partial charge in [-0.3, -0.25) is 19.8 Å². The van der Waals surface area contributed by atoms with Gasteiger partial charge in [-0.05, 0) is 78.0 Å². The minimum Gasteiger partial charge on any atom is -0.486 e. The van der Waals surface area contributed by atoms with E-state index in [0.717, 1.165) is 4.90 Å². The molecule has 0 aliphatic carbocycles. The lowest BCUT2D eigenvalue weighted by Gasteiger charge is -2.28. The van der Waals surface area contributed by atoms with Crippen molar-refractivity contribution < 1.29 is 28.6 Å². The summed E-state index contributed by atoms with van der Waals surface area (Å²) in [6, 6.07) is 14.1. The molecule has 1 fully saturated rings. The van der Waals surface area contributed by atoms with Crippen molar-refractivity contribution in [2.45, 2.75) is 6.61 Å². The van der Waals surface area contributed by atoms with Crippen molar-refractivity contribution in [1.82, 2.24) is 5.32 Å². The van der Waals surface area contributed by atoms with Crippen LogP contribution in [0.3, 0.4) is 0 Å². The summed E-state index contributed by atoms with van der Waals surface area (Å²) >= 11 is 17.8. The van der Waals surface area contributed by atoms with Gasteiger partial charge in [-0.1, -0.05) is 35.3 Å². The summed E-state index contributed by atoms with van der Waals surface area (Å²) < 4.78 is 19.0. The smallest absolute Gasteiger partial charge is 0.335 e. The number of ether oxygens (including phenoxy) is 1. The molecule has 1 aliphatic rings. The zero-order valence-corrected chi connectivity index (χ0v) is 20.5. The van der Waals surface area contributed by atoms with E-state index in [-0.39, 0.29) is 44.3 Å². The Labute approximate surface area is 219 Å². The zero-order valence-electron chi connectivity index (χ0n) is 18.1. The maximum atomic E-state index is 13.3. The van der Waals surface area contributed by atoms with E-state index in [4.69, 9.17) is 45.3 Å². The first-order chi connectivity index (χ1) is 17.1. The Balaban J connectivity index is 1.57. The van der Waals surface area contributed by atoms with Crippen LogP contribution in [0.4, 0.5) is 10.1 Å². The van der Waals surface area contributed by atoms with E-state index < -0.39 is 23.6 Å². The highest BCUT2D eigenvalue weighted by Crippen LogP contribution is 2.36. The van der Waals surface area contributed by atoms with Gasteiger partial charge in [0.2, 0.25) is 0 Å². The van der Waals surface area contributed by atoms with Crippen LogP contribution in [0.15, 0.2) is 66.2 Å². The summed E-state index contributed by atoms with van der Waals surface area (Å²) in [7, 11) is 0. The van der Waals surface area contributed by atoms with Gasteiger partial charge < -0.3 is 9.84 Å². The SMILES string of the molecule is O=C1NC(=S)N(c2ccc(F)cc2)C(=O)C1=Cc1cc(Cl)c(OCc2ccc(C(=O)O)cc2)c(Cl)c1. The molecule has 1 aliphatic heterocycles. The number of aromatic carboxylic acids is 1. The van der Waals surface area contributed by atoms with Gasteiger partial charge in [-0.25, -0.2) is 9.18 Å². The van der Waals surface area contributed by atoms with Crippen molar-refractivity contribution in [2.75, 3.05) is 4.90 Å². The van der Waals surface area contributed by atoms with E-state index in [9.17, 15) is 18.8 Å². The van der Waals surface area contributed by atoms with Crippen LogP contribution in [0.2, 0.25) is 10.0 Å². The van der Waals surface area contributed by atoms with Crippen molar-refractivity contribution in [3.8, 4) is 5.75 Å². The van der Waals surface area contributed by atoms with E-state index in [1.807, 2.05) is 0 Å². The molecule has 1 saturated heterocycles. The molecular formula is C25H15Cl2FN2O5S. The van der Waals surface area contributed by atoms with E-state index in [1.54, 1.807) is 12.1 Å². The molecule has 3 aromatic carbocycles. The van der Waals surface area contributed by atoms with E-state index in [0.29, 0.717) is 11.1 Å². The monoisotopic (exact) mass is 544 g/mol. The summed E-state index contributed by atoms with van der Waals surface area (Å²) in [6.07, 6.45) is 1.31. The number of carboxylic acids is 1. The molecule has 0 unspecified atom stereocenters. The Morgan fingerprint density at radius 3 is 2.25 bits per heavy atom. The second kappa shape index (κ2) is 10.4. The molecule has 2 amide bonds. The lowest BCUT2D eigenvalue weighted by molar-refractivity contribution is -0.122. The number of carboxylic acid groups (broad SMARTS) is 1. The van der Waals surface area contributed by atoms with Crippen LogP contribution in [0.1, 0.15) is 21.5 Å². The number of anilines is 1. The molecule has 0 bridgehead atoms. The van der Waals surface area contributed by atoms with Crippen molar-refractivity contribution in [2.24, 2.45) is 0 Å². The van der Waals surface area contributed by atoms with Gasteiger partial charge in [0.15, 0.2) is 10.9 Å². The van der Waals surface area contributed by atoms with Crippen LogP contribution < -0.4 is 15.0 Å². The first kappa shape index (κ1) is 25.3. The van der Waals surface area contributed by atoms with Gasteiger partial charge in [0.1, 0.15) is 18.0 Å². The molecular weight excluding hydrogens is 530 g/mol. The molecule has 0 spiro atoms. The predicted molar refractivity (Wildman–Crippen MR) is 137 cm³/mol. The number of rotatable bonds is 6. The number of nitrogens with zero attached hydrogens (tertiary/aromatic N) is 1. The summed E-state index contributed by atoms with van der Waals surface area (Å²) in [4.78, 5) is 37.7. The zero-order chi connectivity index (χ0) is 26.0. The maximum Gasteiger partial charge on any atom is 0.335 e. The number of amides is 2. The average molecular weight is 545 g/mol. The number of halogens is 3. The van der Waals surface area contributed by atoms with Crippen molar-refractivity contribution in [3.05, 3.63) is 98.8 Å². The van der Waals surface area contributed by atoms with Gasteiger partial charge in [0, 0.05) is 0 Å². The second-order valence-corrected chi connectivity index (χ2v) is 8.74. The highest BCUT2D eigenvalue weighted by Gasteiger charge is 2.34. The largest absolute Gasteiger partial charge is 0.486 e. The fourth-order valence-corrected chi connectivity index (χ4v) is 4.24. The number of hydrogen-bond donors (Lipinski definition) is 2. The van der Waals surface area contributed by atoms with Crippen molar-refractivity contribution in [1.29, 1.82) is 0 Å². The van der Waals surface area contributed by atoms with Gasteiger partial charge in [0.25, 0.3) is 11.8 Å². The molecule has 0 aromatic heterocycles. The van der Waals surface area contributed by atoms with Crippen LogP contribution in [0.5, 0.6) is 5.75 Å². The highest BCUT2D eigenvalue weighted by atomic mass is 35.5. The lowest BCUT2D eigenvalue weighted by atomic mass is 10.1. The first-order valence-corrected chi connectivity index (χ1v) is 11.4. The van der Waals surface area contributed by atoms with Gasteiger partial charge in [-0.15, -0.1) is 0 Å². The molecule has 11 heteroatoms. The number of nitrogens with one attached hydrogen (secondary N) is 1. The van der Waals surface area contributed by atoms with Crippen LogP contribution in [0.25, 0.3) is 6.08 Å². The summed E-state index contributed by atoms with van der Waals surface area (Å²) in [5.41, 5.74) is 1.25. The number of carbonyl (C=O) groups excluding carboxylic acids is 2. The summed E-state index contributed by atoms with van der Waals surface area (Å²) in [5, 5.41) is 11.6. The van der Waals surface area contributed by atoms with E-state index in [2.05, 4.69) is 5.32 Å². The standard InChI is InChI=1S/C25H15Cl2FN2O5S/c26-19-10-14(11-20(27)21(19)35-12-13-1-3-15(4-2-13)24(33)34)9-18-22(31)29-25(36)30(23(18)32)17-7-5-16(28)6-8-17/h1-11H,12H2,(H,33,34)(H,29,31,36). The van der Waals surface area contributed by atoms with Crippen LogP contribution in [-0.2, 0) is 16.2 Å². The fraction of sp³-hybridized carbons (Fsp3) is 0.0400. The van der Waals surface area contributed by atoms with E-state index in [1.165, 1.54) is 54.6 Å². The van der Waals surface area contributed by atoms with Gasteiger partial charge in [0.05, 0.1) is 21.3 Å². The Morgan fingerprint density at radius 2 is 1.67 bits per heavy atom. The minimum absolute atomic E-state index is 0.0741. The second-order valence-electron chi connectivity index (χ2n) is 7.54. The Kier molecular flexibility index (Phi) is 7.35. The first-order valence-electron chi connectivity index (χ1n) is 10.2. The third-order valence-corrected chi connectivity index (χ3v) is 5.95. The fourth-order valence-electron chi connectivity index (χ4n) is 3.35. The minimum atomic E-state index is -1.04. The quantitative estimate of drug-likeness (QED) is 0.250. The molecule has 7 nitrogen and oxygen atoms in total. The molecule has 182 valence electrons. The van der Waals surface area contributed by atoms with E-state index >= 15 is 0 Å². The van der Waals surface area contributed by atoms with Gasteiger partial charge >= 0.3 is 5.97 Å². The Bertz CT molecular complexity index is 1400. The molecule has 2 N–H and O–H groups in total. The van der Waals surface area contributed by atoms with Crippen molar-refractivity contribution in [3.63, 3.8) is 0 Å². The number of carbonyl (C=O) groups is 3. The Hall–Kier alpha value is -3.79. The number of benzene rings is 3. The Morgan fingerprint density at radius 1 is 1.06 bits per heavy atom. The molecule has 36 heavy (non-hydrogen) atoms. The van der Waals surface area contributed by atoms with Crippen molar-refractivity contribution >= 4 is 70.1 Å². The average Bonchev–Trinajstić information content (AvgIpc) is 2.82. The molecule has 3 aromatic rings.